The Morgan fingerprint density at radius 3 is 2.88 bits per heavy atom. The van der Waals surface area contributed by atoms with Crippen molar-refractivity contribution in [2.45, 2.75) is 37.8 Å². The fourth-order valence-corrected chi connectivity index (χ4v) is 3.87. The number of fused-ring (bicyclic) bond motifs is 2. The van der Waals surface area contributed by atoms with Crippen LogP contribution in [-0.2, 0) is 4.74 Å². The standard InChI is InChI=1S/C12H21N3O2/c13-12(14-16)11-7-15(3-4-17-11)10-6-8-1-2-9(10)5-8/h8-11,16H,1-7H2,(H2,13,14). The maximum Gasteiger partial charge on any atom is 0.169 e. The van der Waals surface area contributed by atoms with Crippen LogP contribution in [0.2, 0.25) is 0 Å². The van der Waals surface area contributed by atoms with E-state index in [9.17, 15) is 0 Å². The summed E-state index contributed by atoms with van der Waals surface area (Å²) in [6.45, 7) is 2.46. The third kappa shape index (κ3) is 2.02. The molecule has 3 aliphatic rings. The number of oxime groups is 1. The van der Waals surface area contributed by atoms with Gasteiger partial charge in [-0.15, -0.1) is 0 Å². The summed E-state index contributed by atoms with van der Waals surface area (Å²) in [6, 6.07) is 0.714. The van der Waals surface area contributed by atoms with Gasteiger partial charge in [0.15, 0.2) is 5.84 Å². The second kappa shape index (κ2) is 4.46. The van der Waals surface area contributed by atoms with Crippen LogP contribution < -0.4 is 5.73 Å². The molecule has 0 aromatic carbocycles. The quantitative estimate of drug-likeness (QED) is 0.321. The zero-order chi connectivity index (χ0) is 11.8. The fourth-order valence-electron chi connectivity index (χ4n) is 3.87. The second-order valence-corrected chi connectivity index (χ2v) is 5.62. The largest absolute Gasteiger partial charge is 0.409 e. The highest BCUT2D eigenvalue weighted by Crippen LogP contribution is 2.46. The maximum absolute atomic E-state index is 8.71. The van der Waals surface area contributed by atoms with Gasteiger partial charge in [-0.05, 0) is 31.1 Å². The van der Waals surface area contributed by atoms with Crippen molar-refractivity contribution in [3.05, 3.63) is 0 Å². The van der Waals surface area contributed by atoms with Gasteiger partial charge in [0.2, 0.25) is 0 Å². The van der Waals surface area contributed by atoms with Crippen LogP contribution in [0.5, 0.6) is 0 Å². The minimum absolute atomic E-state index is 0.206. The molecule has 2 bridgehead atoms. The van der Waals surface area contributed by atoms with Gasteiger partial charge in [-0.2, -0.15) is 0 Å². The molecule has 0 aromatic rings. The molecule has 3 rings (SSSR count). The number of morpholine rings is 1. The number of hydrogen-bond donors (Lipinski definition) is 2. The highest BCUT2D eigenvalue weighted by Gasteiger charge is 2.43. The van der Waals surface area contributed by atoms with E-state index in [2.05, 4.69) is 10.1 Å². The molecule has 96 valence electrons. The van der Waals surface area contributed by atoms with Crippen LogP contribution in [0.3, 0.4) is 0 Å². The summed E-state index contributed by atoms with van der Waals surface area (Å²) in [5, 5.41) is 11.8. The van der Waals surface area contributed by atoms with Gasteiger partial charge in [-0.25, -0.2) is 0 Å². The van der Waals surface area contributed by atoms with Gasteiger partial charge >= 0.3 is 0 Å². The van der Waals surface area contributed by atoms with Gasteiger partial charge in [0.1, 0.15) is 6.10 Å². The summed E-state index contributed by atoms with van der Waals surface area (Å²) in [7, 11) is 0. The normalized spacial score (nSPS) is 43.2. The predicted molar refractivity (Wildman–Crippen MR) is 64.0 cm³/mol. The van der Waals surface area contributed by atoms with Crippen molar-refractivity contribution >= 4 is 5.84 Å². The molecule has 2 aliphatic carbocycles. The maximum atomic E-state index is 8.71. The molecule has 0 amide bonds. The lowest BCUT2D eigenvalue weighted by atomic mass is 9.93. The number of rotatable bonds is 2. The van der Waals surface area contributed by atoms with Crippen LogP contribution >= 0.6 is 0 Å². The molecule has 2 saturated carbocycles. The molecule has 0 radical (unpaired) electrons. The summed E-state index contributed by atoms with van der Waals surface area (Å²) >= 11 is 0. The average molecular weight is 239 g/mol. The van der Waals surface area contributed by atoms with Gasteiger partial charge in [-0.1, -0.05) is 11.6 Å². The summed E-state index contributed by atoms with van der Waals surface area (Å²) in [5.74, 6) is 2.04. The Hall–Kier alpha value is -0.810. The van der Waals surface area contributed by atoms with Crippen molar-refractivity contribution in [3.8, 4) is 0 Å². The molecule has 1 aliphatic heterocycles. The van der Waals surface area contributed by atoms with Crippen LogP contribution in [-0.4, -0.2) is 47.8 Å². The Labute approximate surface area is 102 Å². The highest BCUT2D eigenvalue weighted by atomic mass is 16.5. The van der Waals surface area contributed by atoms with E-state index in [0.717, 1.165) is 24.9 Å². The van der Waals surface area contributed by atoms with E-state index in [1.807, 2.05) is 0 Å². The topological polar surface area (TPSA) is 71.1 Å². The molecule has 0 spiro atoms. The predicted octanol–water partition coefficient (Wildman–Crippen LogP) is 0.622. The number of hydrogen-bond acceptors (Lipinski definition) is 4. The third-order valence-corrected chi connectivity index (χ3v) is 4.71. The highest BCUT2D eigenvalue weighted by molar-refractivity contribution is 5.84. The minimum atomic E-state index is -0.229. The summed E-state index contributed by atoms with van der Waals surface area (Å²) < 4.78 is 5.54. The Kier molecular flexibility index (Phi) is 2.96. The van der Waals surface area contributed by atoms with E-state index in [-0.39, 0.29) is 11.9 Å². The Bertz CT molecular complexity index is 321. The van der Waals surface area contributed by atoms with E-state index in [1.54, 1.807) is 0 Å². The van der Waals surface area contributed by atoms with Gasteiger partial charge in [0, 0.05) is 19.1 Å². The zero-order valence-corrected chi connectivity index (χ0v) is 10.1. The van der Waals surface area contributed by atoms with Gasteiger partial charge in [0.05, 0.1) is 6.61 Å². The molecule has 5 heteroatoms. The molecule has 17 heavy (non-hydrogen) atoms. The van der Waals surface area contributed by atoms with Gasteiger partial charge in [0.25, 0.3) is 0 Å². The third-order valence-electron chi connectivity index (χ3n) is 4.71. The zero-order valence-electron chi connectivity index (χ0n) is 10.1. The van der Waals surface area contributed by atoms with E-state index in [4.69, 9.17) is 15.7 Å². The first-order chi connectivity index (χ1) is 8.28. The van der Waals surface area contributed by atoms with Crippen LogP contribution in [0.25, 0.3) is 0 Å². The average Bonchev–Trinajstić information content (AvgIpc) is 3.00. The van der Waals surface area contributed by atoms with Crippen molar-refractivity contribution in [3.63, 3.8) is 0 Å². The smallest absolute Gasteiger partial charge is 0.169 e. The molecule has 3 fully saturated rings. The molecule has 3 N–H and O–H groups in total. The lowest BCUT2D eigenvalue weighted by molar-refractivity contribution is -0.0230. The summed E-state index contributed by atoms with van der Waals surface area (Å²) in [6.07, 6.45) is 5.34. The summed E-state index contributed by atoms with van der Waals surface area (Å²) in [4.78, 5) is 2.50. The summed E-state index contributed by atoms with van der Waals surface area (Å²) in [5.41, 5.74) is 5.63. The number of nitrogens with zero attached hydrogens (tertiary/aromatic N) is 2. The molecular formula is C12H21N3O2. The molecule has 1 saturated heterocycles. The Morgan fingerprint density at radius 1 is 1.35 bits per heavy atom. The van der Waals surface area contributed by atoms with Gasteiger partial charge in [-0.3, -0.25) is 4.90 Å². The molecular weight excluding hydrogens is 218 g/mol. The first-order valence-corrected chi connectivity index (χ1v) is 6.61. The Balaban J connectivity index is 1.64. The van der Waals surface area contributed by atoms with Crippen LogP contribution in [0.1, 0.15) is 25.7 Å². The van der Waals surface area contributed by atoms with E-state index in [0.29, 0.717) is 12.6 Å². The number of ether oxygens (including phenoxy) is 1. The van der Waals surface area contributed by atoms with Crippen LogP contribution in [0, 0.1) is 11.8 Å². The first-order valence-electron chi connectivity index (χ1n) is 6.61. The lowest BCUT2D eigenvalue weighted by Gasteiger charge is -2.39. The number of nitrogens with two attached hydrogens (primary N) is 1. The molecule has 1 heterocycles. The van der Waals surface area contributed by atoms with Crippen molar-refractivity contribution in [2.75, 3.05) is 19.7 Å². The van der Waals surface area contributed by atoms with E-state index >= 15 is 0 Å². The molecule has 0 aromatic heterocycles. The monoisotopic (exact) mass is 239 g/mol. The molecule has 4 atom stereocenters. The SMILES string of the molecule is NC(=NO)C1CN(C2CC3CCC2C3)CCO1. The van der Waals surface area contributed by atoms with E-state index < -0.39 is 0 Å². The van der Waals surface area contributed by atoms with Gasteiger partial charge < -0.3 is 15.7 Å². The Morgan fingerprint density at radius 2 is 2.24 bits per heavy atom. The van der Waals surface area contributed by atoms with Crippen molar-refractivity contribution in [1.29, 1.82) is 0 Å². The second-order valence-electron chi connectivity index (χ2n) is 5.62. The minimum Gasteiger partial charge on any atom is -0.409 e. The first kappa shape index (κ1) is 11.3. The van der Waals surface area contributed by atoms with Crippen molar-refractivity contribution in [2.24, 2.45) is 22.7 Å². The molecule has 5 nitrogen and oxygen atoms in total. The number of amidine groups is 1. The lowest BCUT2D eigenvalue weighted by Crippen LogP contribution is -2.53. The van der Waals surface area contributed by atoms with E-state index in [1.165, 1.54) is 25.7 Å². The van der Waals surface area contributed by atoms with Crippen molar-refractivity contribution < 1.29 is 9.94 Å². The fraction of sp³-hybridized carbons (Fsp3) is 0.917. The molecule has 4 unspecified atom stereocenters. The van der Waals surface area contributed by atoms with Crippen molar-refractivity contribution in [1.82, 2.24) is 4.90 Å². The van der Waals surface area contributed by atoms with Crippen LogP contribution in [0.15, 0.2) is 5.16 Å². The van der Waals surface area contributed by atoms with Crippen LogP contribution in [0.4, 0.5) is 0 Å².